The number of rotatable bonds is 11. The number of benzene rings is 1. The van der Waals surface area contributed by atoms with Gasteiger partial charge in [-0.2, -0.15) is 26.3 Å². The molecule has 0 unspecified atom stereocenters. The fourth-order valence-corrected chi connectivity index (χ4v) is 7.37. The first-order chi connectivity index (χ1) is 24.7. The Morgan fingerprint density at radius 1 is 0.981 bits per heavy atom. The molecule has 1 aromatic carbocycles. The van der Waals surface area contributed by atoms with Crippen LogP contribution in [-0.2, 0) is 26.7 Å². The zero-order valence-corrected chi connectivity index (χ0v) is 29.3. The number of carbonyl (C=O) groups is 3. The molecular weight excluding hydrogens is 718 g/mol. The number of aromatic nitrogens is 1. The van der Waals surface area contributed by atoms with Gasteiger partial charge in [0.1, 0.15) is 29.6 Å². The Kier molecular flexibility index (Phi) is 11.9. The summed E-state index contributed by atoms with van der Waals surface area (Å²) in [6.07, 6.45) is -7.14. The number of hydrogen-bond acceptors (Lipinski definition) is 9. The molecule has 4 heterocycles. The molecule has 2 saturated heterocycles. The van der Waals surface area contributed by atoms with E-state index in [1.165, 1.54) is 16.7 Å². The highest BCUT2D eigenvalue weighted by molar-refractivity contribution is 7.10. The predicted octanol–water partition coefficient (Wildman–Crippen LogP) is 6.69. The van der Waals surface area contributed by atoms with Crippen molar-refractivity contribution in [3.05, 3.63) is 70.2 Å². The van der Waals surface area contributed by atoms with Gasteiger partial charge in [0.15, 0.2) is 0 Å². The van der Waals surface area contributed by atoms with Crippen LogP contribution in [0.4, 0.5) is 32.0 Å². The molecule has 52 heavy (non-hydrogen) atoms. The Morgan fingerprint density at radius 3 is 2.37 bits per heavy atom. The lowest BCUT2D eigenvalue weighted by Gasteiger charge is -2.50. The van der Waals surface area contributed by atoms with Gasteiger partial charge in [-0.05, 0) is 31.0 Å². The molecule has 0 N–H and O–H groups in total. The molecule has 17 heteroatoms. The van der Waals surface area contributed by atoms with E-state index in [1.807, 2.05) is 17.0 Å². The molecule has 2 aliphatic rings. The summed E-state index contributed by atoms with van der Waals surface area (Å²) in [6, 6.07) is 7.58. The quantitative estimate of drug-likeness (QED) is 0.121. The summed E-state index contributed by atoms with van der Waals surface area (Å²) in [5.41, 5.74) is -3.06. The second-order valence-electron chi connectivity index (χ2n) is 12.4. The van der Waals surface area contributed by atoms with Crippen molar-refractivity contribution in [2.24, 2.45) is 0 Å². The van der Waals surface area contributed by atoms with Gasteiger partial charge in [-0.25, -0.2) is 0 Å². The van der Waals surface area contributed by atoms with Crippen LogP contribution in [-0.4, -0.2) is 90.1 Å². The lowest BCUT2D eigenvalue weighted by molar-refractivity contribution is -0.159. The van der Waals surface area contributed by atoms with Gasteiger partial charge in [0.2, 0.25) is 5.60 Å². The highest BCUT2D eigenvalue weighted by Crippen LogP contribution is 2.43. The number of alkyl halides is 6. The number of thiophene rings is 1. The number of piperidine rings is 1. The minimum absolute atomic E-state index is 0.00641. The molecular formula is C35H38F6N4O6S. The summed E-state index contributed by atoms with van der Waals surface area (Å²) in [4.78, 5) is 47.4. The molecule has 2 aliphatic heterocycles. The highest BCUT2D eigenvalue weighted by Gasteiger charge is 2.56. The van der Waals surface area contributed by atoms with Crippen LogP contribution in [0.5, 0.6) is 11.5 Å². The average molecular weight is 757 g/mol. The number of carbonyl (C=O) groups excluding carboxylic acids is 3. The van der Waals surface area contributed by atoms with Gasteiger partial charge < -0.3 is 28.9 Å². The number of nitrogens with zero attached hydrogens (tertiary/aromatic N) is 4. The maximum Gasteiger partial charge on any atom is 0.425 e. The van der Waals surface area contributed by atoms with Crippen LogP contribution < -0.4 is 14.4 Å². The molecule has 0 saturated carbocycles. The van der Waals surface area contributed by atoms with E-state index >= 15 is 0 Å². The van der Waals surface area contributed by atoms with Gasteiger partial charge in [-0.3, -0.25) is 19.4 Å². The molecule has 0 radical (unpaired) electrons. The zero-order chi connectivity index (χ0) is 37.7. The second kappa shape index (κ2) is 16.0. The van der Waals surface area contributed by atoms with Crippen molar-refractivity contribution in [1.29, 1.82) is 0 Å². The number of amides is 2. The fourth-order valence-electron chi connectivity index (χ4n) is 6.70. The number of esters is 1. The fraction of sp³-hybridized carbons (Fsp3) is 0.486. The SMILES string of the molecule is CCC[C@H]1N(C(=O)c2cnccc2C(F)(F)F)CCC[C@@]1(Oc1csc(C(F)(F)F)c1)C(=O)N1CCN(c2ccccc2OCCOC(C)=O)CC1. The van der Waals surface area contributed by atoms with Crippen LogP contribution in [0.1, 0.15) is 60.3 Å². The van der Waals surface area contributed by atoms with Crippen molar-refractivity contribution >= 4 is 34.8 Å². The predicted molar refractivity (Wildman–Crippen MR) is 178 cm³/mol. The van der Waals surface area contributed by atoms with E-state index in [2.05, 4.69) is 4.98 Å². The number of hydrogen-bond donors (Lipinski definition) is 0. The molecule has 0 aliphatic carbocycles. The lowest BCUT2D eigenvalue weighted by atomic mass is 9.79. The van der Waals surface area contributed by atoms with E-state index in [4.69, 9.17) is 14.2 Å². The minimum atomic E-state index is -4.87. The van der Waals surface area contributed by atoms with E-state index < -0.39 is 57.8 Å². The lowest BCUT2D eigenvalue weighted by Crippen LogP contribution is -2.69. The molecule has 3 aromatic rings. The molecule has 282 valence electrons. The number of pyridine rings is 1. The smallest absolute Gasteiger partial charge is 0.425 e. The van der Waals surface area contributed by atoms with Gasteiger partial charge in [0.05, 0.1) is 22.9 Å². The normalized spacial score (nSPS) is 19.7. The van der Waals surface area contributed by atoms with Crippen LogP contribution in [0.25, 0.3) is 0 Å². The van der Waals surface area contributed by atoms with Gasteiger partial charge >= 0.3 is 18.3 Å². The van der Waals surface area contributed by atoms with Gasteiger partial charge in [0.25, 0.3) is 11.8 Å². The first-order valence-electron chi connectivity index (χ1n) is 16.7. The summed E-state index contributed by atoms with van der Waals surface area (Å²) in [6.45, 7) is 4.21. The standard InChI is InChI=1S/C35H38F6N4O6S/c1-3-7-29-33(51-24-20-30(52-22-24)35(39,40)41,11-6-13-45(29)31(47)25-21-42-12-10-26(25)34(36,37)38)32(48)44-16-14-43(15-17-44)27-8-4-5-9-28(27)50-19-18-49-23(2)46/h4-5,8-10,12,20-22,29H,3,6-7,11,13-19H2,1-2H3/t29-,33+/m1/s1. The number of ether oxygens (including phenoxy) is 3. The average Bonchev–Trinajstić information content (AvgIpc) is 3.59. The van der Waals surface area contributed by atoms with Crippen molar-refractivity contribution in [3.8, 4) is 11.5 Å². The van der Waals surface area contributed by atoms with Crippen molar-refractivity contribution in [3.63, 3.8) is 0 Å². The van der Waals surface area contributed by atoms with Crippen molar-refractivity contribution in [2.45, 2.75) is 63.5 Å². The topological polar surface area (TPSA) is 102 Å². The number of halogens is 6. The third-order valence-electron chi connectivity index (χ3n) is 8.98. The minimum Gasteiger partial charge on any atom is -0.488 e. The van der Waals surface area contributed by atoms with Crippen molar-refractivity contribution < 1.29 is 54.9 Å². The second-order valence-corrected chi connectivity index (χ2v) is 13.3. The molecule has 2 fully saturated rings. The Balaban J connectivity index is 1.45. The Morgan fingerprint density at radius 2 is 1.71 bits per heavy atom. The summed E-state index contributed by atoms with van der Waals surface area (Å²) in [5.74, 6) is -1.71. The first-order valence-corrected chi connectivity index (χ1v) is 17.6. The van der Waals surface area contributed by atoms with E-state index in [9.17, 15) is 40.7 Å². The monoisotopic (exact) mass is 756 g/mol. The summed E-state index contributed by atoms with van der Waals surface area (Å²) in [7, 11) is 0. The Labute approximate surface area is 300 Å². The summed E-state index contributed by atoms with van der Waals surface area (Å²) < 4.78 is 100. The number of anilines is 1. The van der Waals surface area contributed by atoms with E-state index in [0.717, 1.165) is 29.5 Å². The maximum absolute atomic E-state index is 14.8. The molecule has 10 nitrogen and oxygen atoms in total. The molecule has 2 atom stereocenters. The van der Waals surface area contributed by atoms with E-state index in [1.54, 1.807) is 19.1 Å². The highest BCUT2D eigenvalue weighted by atomic mass is 32.1. The van der Waals surface area contributed by atoms with Crippen LogP contribution in [0.15, 0.2) is 54.2 Å². The van der Waals surface area contributed by atoms with E-state index in [-0.39, 0.29) is 57.9 Å². The summed E-state index contributed by atoms with van der Waals surface area (Å²) >= 11 is 0.390. The van der Waals surface area contributed by atoms with Gasteiger partial charge in [-0.15, -0.1) is 11.3 Å². The van der Waals surface area contributed by atoms with Crippen molar-refractivity contribution in [2.75, 3.05) is 50.8 Å². The summed E-state index contributed by atoms with van der Waals surface area (Å²) in [5, 5.41) is 1.14. The molecule has 2 aromatic heterocycles. The van der Waals surface area contributed by atoms with Crippen LogP contribution in [0, 0.1) is 0 Å². The van der Waals surface area contributed by atoms with Crippen LogP contribution in [0.2, 0.25) is 0 Å². The van der Waals surface area contributed by atoms with Crippen LogP contribution in [0.3, 0.4) is 0 Å². The molecule has 0 spiro atoms. The van der Waals surface area contributed by atoms with E-state index in [0.29, 0.717) is 42.7 Å². The first kappa shape index (κ1) is 38.7. The number of likely N-dealkylation sites (tertiary alicyclic amines) is 1. The van der Waals surface area contributed by atoms with Crippen LogP contribution >= 0.6 is 11.3 Å². The third-order valence-corrected chi connectivity index (χ3v) is 9.93. The molecule has 5 rings (SSSR count). The molecule has 0 bridgehead atoms. The Hall–Kier alpha value is -4.54. The largest absolute Gasteiger partial charge is 0.488 e. The molecule has 2 amide bonds. The number of para-hydroxylation sites is 2. The van der Waals surface area contributed by atoms with Gasteiger partial charge in [0, 0.05) is 69.9 Å². The zero-order valence-electron chi connectivity index (χ0n) is 28.5. The van der Waals surface area contributed by atoms with Crippen molar-refractivity contribution in [1.82, 2.24) is 14.8 Å². The van der Waals surface area contributed by atoms with Gasteiger partial charge in [-0.1, -0.05) is 25.5 Å². The maximum atomic E-state index is 14.8. The Bertz CT molecular complexity index is 1730. The number of piperazine rings is 1. The third kappa shape index (κ3) is 8.56.